The van der Waals surface area contributed by atoms with Crippen LogP contribution in [0.25, 0.3) is 0 Å². The molecule has 0 saturated carbocycles. The van der Waals surface area contributed by atoms with Gasteiger partial charge in [0.2, 0.25) is 0 Å². The van der Waals surface area contributed by atoms with Crippen LogP contribution in [0.3, 0.4) is 0 Å². The number of nitrogens with two attached hydrogens (primary N) is 1. The highest BCUT2D eigenvalue weighted by atomic mass is 16.5. The van der Waals surface area contributed by atoms with Crippen LogP contribution < -0.4 is 10.5 Å². The maximum Gasteiger partial charge on any atom is 0.337 e. The molecule has 0 spiro atoms. The number of nitrogen functional groups attached to an aromatic ring is 1. The number of carbonyl (C=O) groups is 2. The first kappa shape index (κ1) is 13.0. The van der Waals surface area contributed by atoms with Crippen LogP contribution in [0.1, 0.15) is 31.1 Å². The van der Waals surface area contributed by atoms with E-state index < -0.39 is 17.4 Å². The van der Waals surface area contributed by atoms with Gasteiger partial charge in [-0.3, -0.25) is 4.79 Å². The van der Waals surface area contributed by atoms with Crippen molar-refractivity contribution in [3.63, 3.8) is 0 Å². The lowest BCUT2D eigenvalue weighted by molar-refractivity contribution is -0.142. The molecule has 3 N–H and O–H groups in total. The molecule has 1 rings (SSSR count). The van der Waals surface area contributed by atoms with E-state index in [2.05, 4.69) is 0 Å². The average Bonchev–Trinajstić information content (AvgIpc) is 2.15. The normalized spacial score (nSPS) is 11.0. The molecule has 0 fully saturated rings. The van der Waals surface area contributed by atoms with E-state index in [9.17, 15) is 9.59 Å². The quantitative estimate of drug-likeness (QED) is 0.466. The minimum Gasteiger partial charge on any atom is -0.478 e. The first-order chi connectivity index (χ1) is 7.71. The van der Waals surface area contributed by atoms with Gasteiger partial charge >= 0.3 is 11.9 Å². The van der Waals surface area contributed by atoms with Crippen molar-refractivity contribution in [1.29, 1.82) is 0 Å². The van der Waals surface area contributed by atoms with Gasteiger partial charge < -0.3 is 15.6 Å². The summed E-state index contributed by atoms with van der Waals surface area (Å²) in [5.41, 5.74) is 4.96. The number of aromatic carboxylic acids is 1. The van der Waals surface area contributed by atoms with Crippen molar-refractivity contribution in [3.8, 4) is 5.75 Å². The molecule has 1 aromatic carbocycles. The summed E-state index contributed by atoms with van der Waals surface area (Å²) in [6, 6.07) is 4.04. The molecule has 0 aliphatic carbocycles. The van der Waals surface area contributed by atoms with Gasteiger partial charge in [-0.15, -0.1) is 0 Å². The molecular formula is C12H15NO4. The van der Waals surface area contributed by atoms with Crippen LogP contribution in [-0.4, -0.2) is 17.0 Å². The number of hydrogen-bond donors (Lipinski definition) is 2. The Balaban J connectivity index is 2.92. The Morgan fingerprint density at radius 3 is 2.29 bits per heavy atom. The molecule has 5 nitrogen and oxygen atoms in total. The Bertz CT molecular complexity index is 460. The number of esters is 1. The van der Waals surface area contributed by atoms with Gasteiger partial charge in [-0.2, -0.15) is 0 Å². The standard InChI is InChI=1S/C12H15NO4/c1-12(2,3)11(16)17-7-4-5-8(10(14)15)9(13)6-7/h4-6H,13H2,1-3H3,(H,14,15). The summed E-state index contributed by atoms with van der Waals surface area (Å²) in [6.45, 7) is 5.18. The second-order valence-electron chi connectivity index (χ2n) is 4.69. The lowest BCUT2D eigenvalue weighted by Gasteiger charge is -2.16. The second kappa shape index (κ2) is 4.45. The van der Waals surface area contributed by atoms with Gasteiger partial charge in [0.15, 0.2) is 0 Å². The van der Waals surface area contributed by atoms with E-state index in [1.165, 1.54) is 18.2 Å². The number of ether oxygens (including phenoxy) is 1. The second-order valence-corrected chi connectivity index (χ2v) is 4.69. The van der Waals surface area contributed by atoms with E-state index in [4.69, 9.17) is 15.6 Å². The minimum atomic E-state index is -1.11. The highest BCUT2D eigenvalue weighted by Gasteiger charge is 2.24. The maximum absolute atomic E-state index is 11.6. The SMILES string of the molecule is CC(C)(C)C(=O)Oc1ccc(C(=O)O)c(N)c1. The predicted molar refractivity (Wildman–Crippen MR) is 62.9 cm³/mol. The number of hydrogen-bond acceptors (Lipinski definition) is 4. The van der Waals surface area contributed by atoms with Crippen LogP contribution in [0.5, 0.6) is 5.75 Å². The van der Waals surface area contributed by atoms with Crippen LogP contribution in [0.4, 0.5) is 5.69 Å². The molecule has 0 atom stereocenters. The fourth-order valence-corrected chi connectivity index (χ4v) is 1.06. The number of anilines is 1. The van der Waals surface area contributed by atoms with Crippen molar-refractivity contribution < 1.29 is 19.4 Å². The van der Waals surface area contributed by atoms with Crippen molar-refractivity contribution in [2.75, 3.05) is 5.73 Å². The van der Waals surface area contributed by atoms with Crippen LogP contribution in [0, 0.1) is 5.41 Å². The molecular weight excluding hydrogens is 222 g/mol. The summed E-state index contributed by atoms with van der Waals surface area (Å²) < 4.78 is 5.08. The topological polar surface area (TPSA) is 89.6 Å². The fourth-order valence-electron chi connectivity index (χ4n) is 1.06. The highest BCUT2D eigenvalue weighted by molar-refractivity contribution is 5.94. The van der Waals surface area contributed by atoms with E-state index >= 15 is 0 Å². The van der Waals surface area contributed by atoms with Gasteiger partial charge in [0.1, 0.15) is 5.75 Å². The van der Waals surface area contributed by atoms with Gasteiger partial charge in [-0.1, -0.05) is 0 Å². The Kier molecular flexibility index (Phi) is 3.41. The fraction of sp³-hybridized carbons (Fsp3) is 0.333. The Morgan fingerprint density at radius 2 is 1.88 bits per heavy atom. The van der Waals surface area contributed by atoms with Crippen molar-refractivity contribution in [2.24, 2.45) is 5.41 Å². The largest absolute Gasteiger partial charge is 0.478 e. The molecule has 1 aromatic rings. The monoisotopic (exact) mass is 237 g/mol. The average molecular weight is 237 g/mol. The molecule has 0 heterocycles. The molecule has 5 heteroatoms. The van der Waals surface area contributed by atoms with E-state index in [0.717, 1.165) is 0 Å². The zero-order valence-corrected chi connectivity index (χ0v) is 9.98. The summed E-state index contributed by atoms with van der Waals surface area (Å²) in [5.74, 6) is -1.27. The number of carboxylic acids is 1. The molecule has 0 amide bonds. The Labute approximate surface area is 99.2 Å². The lowest BCUT2D eigenvalue weighted by atomic mass is 9.97. The summed E-state index contributed by atoms with van der Waals surface area (Å²) in [4.78, 5) is 22.3. The first-order valence-electron chi connectivity index (χ1n) is 5.07. The van der Waals surface area contributed by atoms with Gasteiger partial charge in [0, 0.05) is 11.8 Å². The molecule has 0 unspecified atom stereocenters. The number of carboxylic acid groups (broad SMARTS) is 1. The first-order valence-corrected chi connectivity index (χ1v) is 5.07. The molecule has 0 aliphatic heterocycles. The lowest BCUT2D eigenvalue weighted by Crippen LogP contribution is -2.25. The predicted octanol–water partition coefficient (Wildman–Crippen LogP) is 1.92. The van der Waals surface area contributed by atoms with E-state index in [1.54, 1.807) is 20.8 Å². The third-order valence-electron chi connectivity index (χ3n) is 2.08. The molecule has 0 aromatic heterocycles. The van der Waals surface area contributed by atoms with Crippen LogP contribution in [-0.2, 0) is 4.79 Å². The molecule has 92 valence electrons. The molecule has 0 aliphatic rings. The zero-order chi connectivity index (χ0) is 13.2. The summed E-state index contributed by atoms with van der Waals surface area (Å²) in [7, 11) is 0. The van der Waals surface area contributed by atoms with Crippen molar-refractivity contribution in [3.05, 3.63) is 23.8 Å². The van der Waals surface area contributed by atoms with Crippen molar-refractivity contribution >= 4 is 17.6 Å². The van der Waals surface area contributed by atoms with Crippen molar-refractivity contribution in [2.45, 2.75) is 20.8 Å². The molecule has 0 bridgehead atoms. The number of rotatable bonds is 2. The number of benzene rings is 1. The summed E-state index contributed by atoms with van der Waals surface area (Å²) in [5, 5.41) is 8.78. The van der Waals surface area contributed by atoms with E-state index in [-0.39, 0.29) is 17.0 Å². The van der Waals surface area contributed by atoms with Crippen LogP contribution in [0.2, 0.25) is 0 Å². The summed E-state index contributed by atoms with van der Waals surface area (Å²) >= 11 is 0. The molecule has 0 saturated heterocycles. The number of carbonyl (C=O) groups excluding carboxylic acids is 1. The van der Waals surface area contributed by atoms with Gasteiger partial charge in [0.05, 0.1) is 11.0 Å². The molecule has 0 radical (unpaired) electrons. The highest BCUT2D eigenvalue weighted by Crippen LogP contribution is 2.23. The van der Waals surface area contributed by atoms with Gasteiger partial charge in [-0.25, -0.2) is 4.79 Å². The minimum absolute atomic E-state index is 0.0134. The summed E-state index contributed by atoms with van der Waals surface area (Å²) in [6.07, 6.45) is 0. The third-order valence-corrected chi connectivity index (χ3v) is 2.08. The Morgan fingerprint density at radius 1 is 1.29 bits per heavy atom. The Hall–Kier alpha value is -2.04. The van der Waals surface area contributed by atoms with E-state index in [0.29, 0.717) is 0 Å². The van der Waals surface area contributed by atoms with Crippen LogP contribution >= 0.6 is 0 Å². The molecule has 17 heavy (non-hydrogen) atoms. The van der Waals surface area contributed by atoms with E-state index in [1.807, 2.05) is 0 Å². The smallest absolute Gasteiger partial charge is 0.337 e. The van der Waals surface area contributed by atoms with Crippen LogP contribution in [0.15, 0.2) is 18.2 Å². The zero-order valence-electron chi connectivity index (χ0n) is 9.98. The third kappa shape index (κ3) is 3.21. The maximum atomic E-state index is 11.6. The van der Waals surface area contributed by atoms with Crippen molar-refractivity contribution in [1.82, 2.24) is 0 Å². The van der Waals surface area contributed by atoms with Gasteiger partial charge in [-0.05, 0) is 32.9 Å². The van der Waals surface area contributed by atoms with Gasteiger partial charge in [0.25, 0.3) is 0 Å².